The lowest BCUT2D eigenvalue weighted by Gasteiger charge is -2.52. The van der Waals surface area contributed by atoms with E-state index in [2.05, 4.69) is 31.1 Å². The van der Waals surface area contributed by atoms with Crippen molar-refractivity contribution < 1.29 is 29.1 Å². The second kappa shape index (κ2) is 12.5. The number of anilines is 2. The van der Waals surface area contributed by atoms with Crippen LogP contribution in [0.2, 0.25) is 0 Å². The van der Waals surface area contributed by atoms with Gasteiger partial charge in [-0.3, -0.25) is 29.0 Å². The third-order valence-electron chi connectivity index (χ3n) is 5.39. The van der Waals surface area contributed by atoms with Gasteiger partial charge in [0.1, 0.15) is 34.7 Å². The zero-order valence-electron chi connectivity index (χ0n) is 19.9. The number of amides is 4. The molecule has 0 aliphatic carbocycles. The van der Waals surface area contributed by atoms with Crippen LogP contribution < -0.4 is 15.5 Å². The highest BCUT2D eigenvalue weighted by atomic mass is 35.5. The highest BCUT2D eigenvalue weighted by molar-refractivity contribution is 8.01. The number of hydrogen-bond donors (Lipinski definition) is 3. The van der Waals surface area contributed by atoms with Crippen LogP contribution in [0.4, 0.5) is 10.9 Å². The minimum Gasteiger partial charge on any atom is -0.477 e. The summed E-state index contributed by atoms with van der Waals surface area (Å²) in [5.41, 5.74) is 0.328. The molecule has 15 nitrogen and oxygen atoms in total. The van der Waals surface area contributed by atoms with Gasteiger partial charge in [0.25, 0.3) is 5.91 Å². The molecule has 1 saturated heterocycles. The van der Waals surface area contributed by atoms with E-state index in [9.17, 15) is 29.1 Å². The summed E-state index contributed by atoms with van der Waals surface area (Å²) in [6.45, 7) is -0.483. The van der Waals surface area contributed by atoms with Crippen LogP contribution in [0.3, 0.4) is 0 Å². The molecular weight excluding hydrogens is 617 g/mol. The number of thiazole rings is 1. The van der Waals surface area contributed by atoms with Gasteiger partial charge in [0.2, 0.25) is 22.9 Å². The number of hydrogen-bond acceptors (Lipinski definition) is 12. The summed E-state index contributed by atoms with van der Waals surface area (Å²) in [6, 6.07) is -1.11. The van der Waals surface area contributed by atoms with Crippen LogP contribution in [0.5, 0.6) is 0 Å². The van der Waals surface area contributed by atoms with Gasteiger partial charge in [-0.05, 0) is 16.0 Å². The fraction of sp³-hybridized carbons (Fsp3) is 0.421. The van der Waals surface area contributed by atoms with Gasteiger partial charge in [-0.25, -0.2) is 14.5 Å². The molecule has 4 heterocycles. The Morgan fingerprint density at radius 3 is 2.64 bits per heavy atom. The van der Waals surface area contributed by atoms with E-state index in [0.717, 1.165) is 21.1 Å². The number of alkyl halides is 2. The number of aliphatic carboxylic acids is 1. The first kappa shape index (κ1) is 29.1. The minimum absolute atomic E-state index is 0.0468. The van der Waals surface area contributed by atoms with E-state index in [1.807, 2.05) is 0 Å². The largest absolute Gasteiger partial charge is 0.477 e. The van der Waals surface area contributed by atoms with Crippen molar-refractivity contribution in [3.8, 4) is 0 Å². The predicted molar refractivity (Wildman–Crippen MR) is 144 cm³/mol. The molecule has 39 heavy (non-hydrogen) atoms. The molecule has 4 amide bonds. The Kier molecular flexibility index (Phi) is 9.31. The van der Waals surface area contributed by atoms with Crippen LogP contribution in [-0.2, 0) is 31.0 Å². The SMILES string of the molecule is Cn1nnnc1SCC1=C(C(=O)O)N2C(=O)[C@@H](N(C(=O)CNC(=O)CCl)c3csc(NC(=O)CCl)n3)[C@H]2SC1. The van der Waals surface area contributed by atoms with Gasteiger partial charge in [-0.15, -0.1) is 51.4 Å². The predicted octanol–water partition coefficient (Wildman–Crippen LogP) is -0.0534. The van der Waals surface area contributed by atoms with Gasteiger partial charge in [-0.1, -0.05) is 11.8 Å². The number of β-lactam (4-membered cyclic amide) rings is 1. The van der Waals surface area contributed by atoms with E-state index in [0.29, 0.717) is 10.7 Å². The van der Waals surface area contributed by atoms with Crippen LogP contribution in [0.25, 0.3) is 0 Å². The number of thioether (sulfide) groups is 2. The van der Waals surface area contributed by atoms with Crippen LogP contribution in [0.1, 0.15) is 0 Å². The van der Waals surface area contributed by atoms with E-state index in [-0.39, 0.29) is 39.9 Å². The van der Waals surface area contributed by atoms with Crippen LogP contribution >= 0.6 is 58.1 Å². The minimum atomic E-state index is -1.29. The van der Waals surface area contributed by atoms with Gasteiger partial charge in [0, 0.05) is 23.9 Å². The molecule has 3 N–H and O–H groups in total. The number of carboxylic acids is 1. The second-order valence-corrected chi connectivity index (χ2v) is 11.3. The Morgan fingerprint density at radius 1 is 1.26 bits per heavy atom. The molecule has 1 fully saturated rings. The number of carbonyl (C=O) groups excluding carboxylic acids is 4. The number of nitrogens with zero attached hydrogens (tertiary/aromatic N) is 7. The number of nitrogens with one attached hydrogen (secondary N) is 2. The topological polar surface area (TPSA) is 193 Å². The van der Waals surface area contributed by atoms with E-state index in [4.69, 9.17) is 23.2 Å². The molecule has 0 saturated carbocycles. The Morgan fingerprint density at radius 2 is 2.00 bits per heavy atom. The summed E-state index contributed by atoms with van der Waals surface area (Å²) in [7, 11) is 1.65. The molecule has 20 heteroatoms. The normalized spacial score (nSPS) is 18.3. The standard InChI is InChI=1S/C19H19Cl2N9O6S3/c1-28-19(25-26-27-28)39-6-8-5-37-16-14(15(34)30(16)13(8)17(35)36)29(12(33)4-22-10(31)2-20)9-7-38-18(23-9)24-11(32)3-21/h7,14,16H,2-6H2,1H3,(H,22,31)(H,35,36)(H,23,24,32)/t14-,16-/m1/s1. The van der Waals surface area contributed by atoms with E-state index >= 15 is 0 Å². The molecule has 0 spiro atoms. The quantitative estimate of drug-likeness (QED) is 0.169. The number of aromatic nitrogens is 5. The average Bonchev–Trinajstić information content (AvgIpc) is 3.56. The average molecular weight is 637 g/mol. The lowest BCUT2D eigenvalue weighted by Crippen LogP contribution is -2.72. The number of fused-ring (bicyclic) bond motifs is 1. The van der Waals surface area contributed by atoms with Gasteiger partial charge < -0.3 is 15.7 Å². The Bertz CT molecular complexity index is 1350. The summed E-state index contributed by atoms with van der Waals surface area (Å²) in [6.07, 6.45) is 0. The van der Waals surface area contributed by atoms with Crippen molar-refractivity contribution in [2.75, 3.05) is 40.0 Å². The molecule has 0 unspecified atom stereocenters. The summed E-state index contributed by atoms with van der Waals surface area (Å²) in [5, 5.41) is 27.3. The lowest BCUT2D eigenvalue weighted by atomic mass is 10.0. The van der Waals surface area contributed by atoms with E-state index < -0.39 is 47.6 Å². The maximum Gasteiger partial charge on any atom is 0.352 e. The van der Waals surface area contributed by atoms with Crippen molar-refractivity contribution in [1.82, 2.24) is 35.4 Å². The van der Waals surface area contributed by atoms with Crippen molar-refractivity contribution in [1.29, 1.82) is 0 Å². The lowest BCUT2D eigenvalue weighted by molar-refractivity contribution is -0.149. The summed E-state index contributed by atoms with van der Waals surface area (Å²) in [4.78, 5) is 68.7. The number of carboxylic acid groups (broad SMARTS) is 1. The van der Waals surface area contributed by atoms with Crippen molar-refractivity contribution in [2.24, 2.45) is 7.05 Å². The van der Waals surface area contributed by atoms with Crippen molar-refractivity contribution >= 4 is 98.6 Å². The molecule has 2 atom stereocenters. The third-order valence-corrected chi connectivity index (χ3v) is 9.04. The molecule has 4 rings (SSSR count). The zero-order valence-corrected chi connectivity index (χ0v) is 23.8. The van der Waals surface area contributed by atoms with Crippen molar-refractivity contribution in [3.63, 3.8) is 0 Å². The van der Waals surface area contributed by atoms with Gasteiger partial charge in [0.05, 0.1) is 6.54 Å². The zero-order chi connectivity index (χ0) is 28.3. The third kappa shape index (κ3) is 6.13. The summed E-state index contributed by atoms with van der Waals surface area (Å²) < 4.78 is 1.44. The molecule has 0 bridgehead atoms. The molecular formula is C19H19Cl2N9O6S3. The van der Waals surface area contributed by atoms with E-state index in [1.165, 1.54) is 33.6 Å². The molecule has 208 valence electrons. The maximum atomic E-state index is 13.4. The second-order valence-electron chi connectivity index (χ2n) is 7.85. The van der Waals surface area contributed by atoms with Crippen molar-refractivity contribution in [3.05, 3.63) is 16.7 Å². The van der Waals surface area contributed by atoms with E-state index in [1.54, 1.807) is 7.05 Å². The first-order valence-corrected chi connectivity index (χ1v) is 14.9. The fourth-order valence-corrected chi connectivity index (χ4v) is 6.93. The first-order chi connectivity index (χ1) is 18.7. The van der Waals surface area contributed by atoms with Gasteiger partial charge in [0.15, 0.2) is 5.13 Å². The maximum absolute atomic E-state index is 13.4. The first-order valence-electron chi connectivity index (χ1n) is 10.9. The summed E-state index contributed by atoms with van der Waals surface area (Å²) >= 11 is 14.5. The fourth-order valence-electron chi connectivity index (χ4n) is 3.69. The smallest absolute Gasteiger partial charge is 0.352 e. The van der Waals surface area contributed by atoms with Crippen LogP contribution in [0, 0.1) is 0 Å². The van der Waals surface area contributed by atoms with Crippen LogP contribution in [-0.4, -0.2) is 106 Å². The van der Waals surface area contributed by atoms with Gasteiger partial charge >= 0.3 is 5.97 Å². The number of tetrazole rings is 1. The molecule has 2 aliphatic rings. The Labute approximate surface area is 242 Å². The van der Waals surface area contributed by atoms with Gasteiger partial charge in [-0.2, -0.15) is 0 Å². The molecule has 2 aromatic heterocycles. The highest BCUT2D eigenvalue weighted by Crippen LogP contribution is 2.44. The molecule has 0 radical (unpaired) electrons. The monoisotopic (exact) mass is 635 g/mol. The number of carbonyl (C=O) groups is 5. The molecule has 2 aliphatic heterocycles. The summed E-state index contributed by atoms with van der Waals surface area (Å²) in [5.74, 6) is -3.85. The molecule has 2 aromatic rings. The highest BCUT2D eigenvalue weighted by Gasteiger charge is 2.57. The van der Waals surface area contributed by atoms with Crippen LogP contribution in [0.15, 0.2) is 21.8 Å². The van der Waals surface area contributed by atoms with Crippen molar-refractivity contribution in [2.45, 2.75) is 16.6 Å². The number of aryl methyl sites for hydroxylation is 1. The number of halogens is 2. The number of rotatable bonds is 11. The Balaban J connectivity index is 1.60. The Hall–Kier alpha value is -2.93. The molecule has 0 aromatic carbocycles.